The van der Waals surface area contributed by atoms with Gasteiger partial charge in [-0.2, -0.15) is 0 Å². The second kappa shape index (κ2) is 5.90. The van der Waals surface area contributed by atoms with Crippen molar-refractivity contribution in [2.75, 3.05) is 0 Å². The van der Waals surface area contributed by atoms with Gasteiger partial charge in [-0.05, 0) is 26.7 Å². The molecule has 62 valence electrons. The van der Waals surface area contributed by atoms with Crippen LogP contribution in [0.15, 0.2) is 24.3 Å². The number of carbonyl (C=O) groups is 1. The molecule has 1 heteroatoms. The minimum atomic E-state index is 0.268. The van der Waals surface area contributed by atoms with Crippen molar-refractivity contribution in [2.45, 2.75) is 33.1 Å². The van der Waals surface area contributed by atoms with Crippen LogP contribution in [0.1, 0.15) is 33.1 Å². The fourth-order valence-corrected chi connectivity index (χ4v) is 0.906. The molecule has 0 bridgehead atoms. The zero-order valence-corrected chi connectivity index (χ0v) is 7.39. The average molecular weight is 152 g/mol. The Morgan fingerprint density at radius 1 is 1.45 bits per heavy atom. The van der Waals surface area contributed by atoms with E-state index in [2.05, 4.69) is 6.58 Å². The van der Waals surface area contributed by atoms with E-state index in [9.17, 15) is 4.79 Å². The highest BCUT2D eigenvalue weighted by molar-refractivity contribution is 5.75. The van der Waals surface area contributed by atoms with Gasteiger partial charge in [-0.1, -0.05) is 24.3 Å². The molecule has 0 rings (SSSR count). The average Bonchev–Trinajstić information content (AvgIpc) is 1.98. The lowest BCUT2D eigenvalue weighted by Gasteiger charge is -1.98. The molecule has 0 saturated heterocycles. The summed E-state index contributed by atoms with van der Waals surface area (Å²) in [6.07, 6.45) is 6.49. The molecule has 0 aliphatic carbocycles. The second-order valence-corrected chi connectivity index (χ2v) is 2.62. The molecule has 11 heavy (non-hydrogen) atoms. The first-order chi connectivity index (χ1) is 5.20. The molecule has 0 aromatic carbocycles. The molecule has 0 fully saturated rings. The van der Waals surface area contributed by atoms with Crippen LogP contribution >= 0.6 is 0 Å². The Morgan fingerprint density at radius 3 is 2.45 bits per heavy atom. The molecular weight excluding hydrogens is 136 g/mol. The van der Waals surface area contributed by atoms with Crippen molar-refractivity contribution in [1.82, 2.24) is 0 Å². The molecule has 0 amide bonds. The number of hydrogen-bond acceptors (Lipinski definition) is 1. The van der Waals surface area contributed by atoms with Crippen LogP contribution in [-0.4, -0.2) is 5.78 Å². The number of Topliss-reactive ketones (excluding diaryl/α,β-unsaturated/α-hetero) is 1. The number of ketones is 1. The molecule has 0 spiro atoms. The third kappa shape index (κ3) is 5.59. The highest BCUT2D eigenvalue weighted by Crippen LogP contribution is 2.07. The molecule has 0 aliphatic heterocycles. The van der Waals surface area contributed by atoms with Crippen LogP contribution in [0.25, 0.3) is 0 Å². The summed E-state index contributed by atoms with van der Waals surface area (Å²) in [7, 11) is 0. The van der Waals surface area contributed by atoms with Crippen molar-refractivity contribution in [3.05, 3.63) is 24.3 Å². The SMILES string of the molecule is C=C/C(=C\C)CCCC(C)=O. The van der Waals surface area contributed by atoms with Gasteiger partial charge < -0.3 is 4.79 Å². The van der Waals surface area contributed by atoms with E-state index >= 15 is 0 Å². The van der Waals surface area contributed by atoms with Crippen LogP contribution in [0.3, 0.4) is 0 Å². The van der Waals surface area contributed by atoms with E-state index in [0.717, 1.165) is 12.8 Å². The molecule has 0 radical (unpaired) electrons. The quantitative estimate of drug-likeness (QED) is 0.553. The van der Waals surface area contributed by atoms with Crippen molar-refractivity contribution in [1.29, 1.82) is 0 Å². The lowest BCUT2D eigenvalue weighted by atomic mass is 10.1. The predicted octanol–water partition coefficient (Wildman–Crippen LogP) is 2.88. The van der Waals surface area contributed by atoms with Crippen LogP contribution in [-0.2, 0) is 4.79 Å². The Bertz CT molecular complexity index is 166. The smallest absolute Gasteiger partial charge is 0.129 e. The van der Waals surface area contributed by atoms with Gasteiger partial charge in [0.2, 0.25) is 0 Å². The summed E-state index contributed by atoms with van der Waals surface area (Å²) in [5.74, 6) is 0.268. The fraction of sp³-hybridized carbons (Fsp3) is 0.500. The Morgan fingerprint density at radius 2 is 2.09 bits per heavy atom. The number of allylic oxidation sites excluding steroid dienone is 3. The molecule has 0 N–H and O–H groups in total. The highest BCUT2D eigenvalue weighted by Gasteiger charge is 1.94. The molecule has 0 aromatic rings. The zero-order valence-electron chi connectivity index (χ0n) is 7.39. The molecular formula is C10H16O. The fourth-order valence-electron chi connectivity index (χ4n) is 0.906. The monoisotopic (exact) mass is 152 g/mol. The van der Waals surface area contributed by atoms with Gasteiger partial charge >= 0.3 is 0 Å². The van der Waals surface area contributed by atoms with Gasteiger partial charge in [-0.3, -0.25) is 0 Å². The Balaban J connectivity index is 3.53. The second-order valence-electron chi connectivity index (χ2n) is 2.62. The van der Waals surface area contributed by atoms with Gasteiger partial charge in [0.15, 0.2) is 0 Å². The largest absolute Gasteiger partial charge is 0.300 e. The summed E-state index contributed by atoms with van der Waals surface area (Å²) >= 11 is 0. The van der Waals surface area contributed by atoms with Crippen LogP contribution < -0.4 is 0 Å². The van der Waals surface area contributed by atoms with Crippen LogP contribution in [0.5, 0.6) is 0 Å². The lowest BCUT2D eigenvalue weighted by Crippen LogP contribution is -1.89. The number of rotatable bonds is 5. The summed E-state index contributed by atoms with van der Waals surface area (Å²) in [4.78, 5) is 10.6. The van der Waals surface area contributed by atoms with Crippen molar-refractivity contribution in [3.8, 4) is 0 Å². The van der Waals surface area contributed by atoms with E-state index in [1.54, 1.807) is 6.92 Å². The minimum absolute atomic E-state index is 0.268. The summed E-state index contributed by atoms with van der Waals surface area (Å²) in [6.45, 7) is 7.30. The summed E-state index contributed by atoms with van der Waals surface area (Å²) < 4.78 is 0. The molecule has 0 aliphatic rings. The van der Waals surface area contributed by atoms with Crippen molar-refractivity contribution < 1.29 is 4.79 Å². The van der Waals surface area contributed by atoms with Crippen LogP contribution in [0, 0.1) is 0 Å². The first-order valence-electron chi connectivity index (χ1n) is 3.97. The van der Waals surface area contributed by atoms with Gasteiger partial charge in [0.05, 0.1) is 0 Å². The standard InChI is InChI=1S/C10H16O/c1-4-10(5-2)8-6-7-9(3)11/h4-5H,1,6-8H2,2-3H3/b10-5+. The van der Waals surface area contributed by atoms with E-state index in [1.807, 2.05) is 19.1 Å². The summed E-state index contributed by atoms with van der Waals surface area (Å²) in [5, 5.41) is 0. The molecule has 0 atom stereocenters. The molecule has 0 aromatic heterocycles. The maximum atomic E-state index is 10.6. The zero-order chi connectivity index (χ0) is 8.69. The first kappa shape index (κ1) is 10.2. The highest BCUT2D eigenvalue weighted by atomic mass is 16.1. The van der Waals surface area contributed by atoms with E-state index in [0.29, 0.717) is 6.42 Å². The Kier molecular flexibility index (Phi) is 5.44. The van der Waals surface area contributed by atoms with E-state index in [4.69, 9.17) is 0 Å². The predicted molar refractivity (Wildman–Crippen MR) is 48.5 cm³/mol. The summed E-state index contributed by atoms with van der Waals surface area (Å²) in [5.41, 5.74) is 1.23. The van der Waals surface area contributed by atoms with Crippen molar-refractivity contribution in [3.63, 3.8) is 0 Å². The molecule has 0 saturated carbocycles. The van der Waals surface area contributed by atoms with Gasteiger partial charge in [-0.15, -0.1) is 0 Å². The van der Waals surface area contributed by atoms with E-state index in [-0.39, 0.29) is 5.78 Å². The minimum Gasteiger partial charge on any atom is -0.300 e. The van der Waals surface area contributed by atoms with Gasteiger partial charge in [-0.25, -0.2) is 0 Å². The normalized spacial score (nSPS) is 11.3. The maximum absolute atomic E-state index is 10.6. The van der Waals surface area contributed by atoms with Gasteiger partial charge in [0.25, 0.3) is 0 Å². The van der Waals surface area contributed by atoms with Gasteiger partial charge in [0.1, 0.15) is 5.78 Å². The van der Waals surface area contributed by atoms with Crippen molar-refractivity contribution in [2.24, 2.45) is 0 Å². The van der Waals surface area contributed by atoms with Crippen LogP contribution in [0.4, 0.5) is 0 Å². The third-order valence-electron chi connectivity index (χ3n) is 1.63. The molecule has 1 nitrogen and oxygen atoms in total. The first-order valence-corrected chi connectivity index (χ1v) is 3.97. The molecule has 0 unspecified atom stereocenters. The maximum Gasteiger partial charge on any atom is 0.129 e. The Labute approximate surface area is 68.8 Å². The topological polar surface area (TPSA) is 17.1 Å². The third-order valence-corrected chi connectivity index (χ3v) is 1.63. The number of carbonyl (C=O) groups excluding carboxylic acids is 1. The summed E-state index contributed by atoms with van der Waals surface area (Å²) in [6, 6.07) is 0. The lowest BCUT2D eigenvalue weighted by molar-refractivity contribution is -0.117. The molecule has 0 heterocycles. The van der Waals surface area contributed by atoms with E-state index in [1.165, 1.54) is 5.57 Å². The van der Waals surface area contributed by atoms with Gasteiger partial charge in [0, 0.05) is 6.42 Å². The van der Waals surface area contributed by atoms with Crippen molar-refractivity contribution >= 4 is 5.78 Å². The number of hydrogen-bond donors (Lipinski definition) is 0. The van der Waals surface area contributed by atoms with Crippen LogP contribution in [0.2, 0.25) is 0 Å². The Hall–Kier alpha value is -0.850. The van der Waals surface area contributed by atoms with E-state index < -0.39 is 0 Å².